The number of furan rings is 1. The van der Waals surface area contributed by atoms with E-state index in [9.17, 15) is 4.79 Å². The Morgan fingerprint density at radius 3 is 3.04 bits per heavy atom. The first-order valence-electron chi connectivity index (χ1n) is 8.08. The standard InChI is InChI=1S/C17H22N4O3/c1-12-14(4-8-24-12)17(22)21(2)6-5-18-16-9-15(19-11-20-16)13-3-7-23-10-13/h4,8-9,11,13H,3,5-7,10H2,1-2H3,(H,18,19,20)/t13-/m0/s1. The largest absolute Gasteiger partial charge is 0.469 e. The molecule has 3 heterocycles. The third-order valence-electron chi connectivity index (χ3n) is 4.23. The zero-order valence-corrected chi connectivity index (χ0v) is 14.0. The van der Waals surface area contributed by atoms with Crippen LogP contribution in [0.2, 0.25) is 0 Å². The number of aromatic nitrogens is 2. The first kappa shape index (κ1) is 16.4. The molecule has 1 aliphatic heterocycles. The van der Waals surface area contributed by atoms with Gasteiger partial charge in [0.25, 0.3) is 5.91 Å². The lowest BCUT2D eigenvalue weighted by atomic mass is 10.1. The van der Waals surface area contributed by atoms with Crippen LogP contribution in [0.1, 0.15) is 34.2 Å². The number of likely N-dealkylation sites (N-methyl/N-ethyl adjacent to an activating group) is 1. The average molecular weight is 330 g/mol. The van der Waals surface area contributed by atoms with Crippen molar-refractivity contribution in [3.8, 4) is 0 Å². The zero-order chi connectivity index (χ0) is 16.9. The molecule has 7 nitrogen and oxygen atoms in total. The second-order valence-electron chi connectivity index (χ2n) is 5.93. The number of hydrogen-bond donors (Lipinski definition) is 1. The summed E-state index contributed by atoms with van der Waals surface area (Å²) in [4.78, 5) is 22.5. The summed E-state index contributed by atoms with van der Waals surface area (Å²) in [5, 5.41) is 3.24. The van der Waals surface area contributed by atoms with Crippen molar-refractivity contribution in [2.24, 2.45) is 0 Å². The molecule has 7 heteroatoms. The second kappa shape index (κ2) is 7.44. The minimum Gasteiger partial charge on any atom is -0.469 e. The van der Waals surface area contributed by atoms with Gasteiger partial charge in [0.15, 0.2) is 0 Å². The molecule has 1 amide bonds. The van der Waals surface area contributed by atoms with E-state index < -0.39 is 0 Å². The van der Waals surface area contributed by atoms with Crippen molar-refractivity contribution in [1.29, 1.82) is 0 Å². The minimum absolute atomic E-state index is 0.0467. The van der Waals surface area contributed by atoms with Crippen LogP contribution < -0.4 is 5.32 Å². The highest BCUT2D eigenvalue weighted by Gasteiger charge is 2.19. The summed E-state index contributed by atoms with van der Waals surface area (Å²) in [6.45, 7) is 4.47. The second-order valence-corrected chi connectivity index (χ2v) is 5.93. The number of carbonyl (C=O) groups is 1. The van der Waals surface area contributed by atoms with Gasteiger partial charge < -0.3 is 19.4 Å². The van der Waals surface area contributed by atoms with Gasteiger partial charge in [-0.3, -0.25) is 4.79 Å². The molecule has 1 atom stereocenters. The Kier molecular flexibility index (Phi) is 5.10. The molecule has 0 saturated carbocycles. The SMILES string of the molecule is Cc1occc1C(=O)N(C)CCNc1cc([C@H]2CCOC2)ncn1. The van der Waals surface area contributed by atoms with Gasteiger partial charge in [0.2, 0.25) is 0 Å². The zero-order valence-electron chi connectivity index (χ0n) is 14.0. The molecule has 0 bridgehead atoms. The summed E-state index contributed by atoms with van der Waals surface area (Å²) in [6.07, 6.45) is 4.10. The Bertz CT molecular complexity index is 695. The fourth-order valence-corrected chi connectivity index (χ4v) is 2.73. The summed E-state index contributed by atoms with van der Waals surface area (Å²) in [5.41, 5.74) is 1.60. The Labute approximate surface area is 141 Å². The van der Waals surface area contributed by atoms with Gasteiger partial charge in [0.05, 0.1) is 24.1 Å². The molecule has 2 aromatic rings. The monoisotopic (exact) mass is 330 g/mol. The number of anilines is 1. The van der Waals surface area contributed by atoms with Gasteiger partial charge in [0.1, 0.15) is 17.9 Å². The fourth-order valence-electron chi connectivity index (χ4n) is 2.73. The summed E-state index contributed by atoms with van der Waals surface area (Å²) < 4.78 is 10.6. The van der Waals surface area contributed by atoms with Crippen LogP contribution in [-0.2, 0) is 4.74 Å². The van der Waals surface area contributed by atoms with Crippen molar-refractivity contribution in [2.75, 3.05) is 38.7 Å². The van der Waals surface area contributed by atoms with E-state index in [1.54, 1.807) is 31.3 Å². The van der Waals surface area contributed by atoms with E-state index in [0.717, 1.165) is 31.1 Å². The van der Waals surface area contributed by atoms with E-state index in [4.69, 9.17) is 9.15 Å². The van der Waals surface area contributed by atoms with Gasteiger partial charge in [-0.15, -0.1) is 0 Å². The van der Waals surface area contributed by atoms with Gasteiger partial charge in [-0.1, -0.05) is 0 Å². The third kappa shape index (κ3) is 3.73. The first-order chi connectivity index (χ1) is 11.6. The van der Waals surface area contributed by atoms with Crippen molar-refractivity contribution in [3.63, 3.8) is 0 Å². The Morgan fingerprint density at radius 1 is 1.46 bits per heavy atom. The van der Waals surface area contributed by atoms with Crippen LogP contribution in [0.25, 0.3) is 0 Å². The molecule has 0 aromatic carbocycles. The maximum Gasteiger partial charge on any atom is 0.257 e. The van der Waals surface area contributed by atoms with Crippen LogP contribution >= 0.6 is 0 Å². The molecule has 0 aliphatic carbocycles. The number of hydrogen-bond acceptors (Lipinski definition) is 6. The topological polar surface area (TPSA) is 80.5 Å². The molecule has 0 radical (unpaired) electrons. The number of amides is 1. The Morgan fingerprint density at radius 2 is 2.33 bits per heavy atom. The highest BCUT2D eigenvalue weighted by molar-refractivity contribution is 5.94. The van der Waals surface area contributed by atoms with Crippen LogP contribution in [0, 0.1) is 6.92 Å². The predicted octanol–water partition coefficient (Wildman–Crippen LogP) is 2.07. The van der Waals surface area contributed by atoms with Crippen LogP contribution in [0.4, 0.5) is 5.82 Å². The van der Waals surface area contributed by atoms with Gasteiger partial charge in [-0.2, -0.15) is 0 Å². The molecule has 1 N–H and O–H groups in total. The van der Waals surface area contributed by atoms with Gasteiger partial charge >= 0.3 is 0 Å². The molecule has 1 aliphatic rings. The highest BCUT2D eigenvalue weighted by atomic mass is 16.5. The number of nitrogens with one attached hydrogen (secondary N) is 1. The quantitative estimate of drug-likeness (QED) is 0.873. The molecule has 0 spiro atoms. The molecular weight excluding hydrogens is 308 g/mol. The maximum atomic E-state index is 12.3. The van der Waals surface area contributed by atoms with Gasteiger partial charge in [-0.05, 0) is 19.4 Å². The molecule has 24 heavy (non-hydrogen) atoms. The molecular formula is C17H22N4O3. The van der Waals surface area contributed by atoms with Crippen LogP contribution in [-0.4, -0.2) is 54.1 Å². The summed E-state index contributed by atoms with van der Waals surface area (Å²) in [5.74, 6) is 1.71. The van der Waals surface area contributed by atoms with E-state index in [1.807, 2.05) is 6.07 Å². The average Bonchev–Trinajstić information content (AvgIpc) is 3.26. The van der Waals surface area contributed by atoms with Crippen LogP contribution in [0.3, 0.4) is 0 Å². The summed E-state index contributed by atoms with van der Waals surface area (Å²) in [6, 6.07) is 3.66. The molecule has 1 saturated heterocycles. The number of carbonyl (C=O) groups excluding carboxylic acids is 1. The highest BCUT2D eigenvalue weighted by Crippen LogP contribution is 2.24. The molecule has 1 fully saturated rings. The van der Waals surface area contributed by atoms with Crippen LogP contribution in [0.5, 0.6) is 0 Å². The van der Waals surface area contributed by atoms with E-state index in [0.29, 0.717) is 30.3 Å². The van der Waals surface area contributed by atoms with Gasteiger partial charge in [-0.25, -0.2) is 9.97 Å². The maximum absolute atomic E-state index is 12.3. The lowest BCUT2D eigenvalue weighted by Gasteiger charge is -2.17. The first-order valence-corrected chi connectivity index (χ1v) is 8.08. The molecule has 3 rings (SSSR count). The minimum atomic E-state index is -0.0467. The van der Waals surface area contributed by atoms with Crippen molar-refractivity contribution in [3.05, 3.63) is 41.7 Å². The summed E-state index contributed by atoms with van der Waals surface area (Å²) >= 11 is 0. The lowest BCUT2D eigenvalue weighted by Crippen LogP contribution is -2.31. The van der Waals surface area contributed by atoms with E-state index in [1.165, 1.54) is 6.26 Å². The number of aryl methyl sites for hydroxylation is 1. The number of rotatable bonds is 6. The van der Waals surface area contributed by atoms with E-state index in [2.05, 4.69) is 15.3 Å². The predicted molar refractivity (Wildman–Crippen MR) is 89.1 cm³/mol. The summed E-state index contributed by atoms with van der Waals surface area (Å²) in [7, 11) is 1.78. The smallest absolute Gasteiger partial charge is 0.257 e. The van der Waals surface area contributed by atoms with E-state index >= 15 is 0 Å². The van der Waals surface area contributed by atoms with Crippen molar-refractivity contribution in [1.82, 2.24) is 14.9 Å². The van der Waals surface area contributed by atoms with E-state index in [-0.39, 0.29) is 5.91 Å². The lowest BCUT2D eigenvalue weighted by molar-refractivity contribution is 0.0798. The third-order valence-corrected chi connectivity index (χ3v) is 4.23. The van der Waals surface area contributed by atoms with Crippen LogP contribution in [0.15, 0.2) is 29.1 Å². The van der Waals surface area contributed by atoms with Gasteiger partial charge in [0, 0.05) is 38.7 Å². The Balaban J connectivity index is 1.52. The molecule has 2 aromatic heterocycles. The molecule has 128 valence electrons. The van der Waals surface area contributed by atoms with Crippen molar-refractivity contribution >= 4 is 11.7 Å². The fraction of sp³-hybridized carbons (Fsp3) is 0.471. The normalized spacial score (nSPS) is 17.0. The molecule has 0 unspecified atom stereocenters. The number of nitrogens with zero attached hydrogens (tertiary/aromatic N) is 3. The number of ether oxygens (including phenoxy) is 1. The Hall–Kier alpha value is -2.41. The van der Waals surface area contributed by atoms with Crippen molar-refractivity contribution < 1.29 is 13.9 Å². The van der Waals surface area contributed by atoms with Crippen molar-refractivity contribution in [2.45, 2.75) is 19.3 Å².